The van der Waals surface area contributed by atoms with E-state index in [0.29, 0.717) is 44.5 Å². The summed E-state index contributed by atoms with van der Waals surface area (Å²) < 4.78 is 42.0. The van der Waals surface area contributed by atoms with Crippen molar-refractivity contribution in [2.45, 2.75) is 89.0 Å². The van der Waals surface area contributed by atoms with E-state index in [9.17, 15) is 17.6 Å². The van der Waals surface area contributed by atoms with Crippen molar-refractivity contribution in [3.8, 4) is 0 Å². The first-order valence-corrected chi connectivity index (χ1v) is 12.3. The van der Waals surface area contributed by atoms with Crippen molar-refractivity contribution in [1.82, 2.24) is 14.6 Å². The molecule has 0 bridgehead atoms. The van der Waals surface area contributed by atoms with Crippen LogP contribution in [0, 0.1) is 6.92 Å². The maximum atomic E-state index is 13.6. The van der Waals surface area contributed by atoms with Gasteiger partial charge in [-0.05, 0) is 71.9 Å². The van der Waals surface area contributed by atoms with Crippen molar-refractivity contribution in [1.29, 1.82) is 0 Å². The largest absolute Gasteiger partial charge is 0.353 e. The number of sulfonamides is 1. The van der Waals surface area contributed by atoms with E-state index in [4.69, 9.17) is 0 Å². The van der Waals surface area contributed by atoms with Crippen LogP contribution in [-0.2, 0) is 14.8 Å². The van der Waals surface area contributed by atoms with Crippen LogP contribution in [0.1, 0.15) is 58.6 Å². The number of amides is 1. The van der Waals surface area contributed by atoms with E-state index in [1.807, 2.05) is 32.6 Å². The summed E-state index contributed by atoms with van der Waals surface area (Å²) in [7, 11) is -3.92. The Bertz CT molecular complexity index is 877. The highest BCUT2D eigenvalue weighted by Gasteiger charge is 2.42. The van der Waals surface area contributed by atoms with Gasteiger partial charge in [0.2, 0.25) is 15.9 Å². The lowest BCUT2D eigenvalue weighted by Crippen LogP contribution is -2.48. The molecule has 1 N–H and O–H groups in total. The van der Waals surface area contributed by atoms with Gasteiger partial charge in [0.15, 0.2) is 0 Å². The summed E-state index contributed by atoms with van der Waals surface area (Å²) in [6.07, 6.45) is 1.53. The predicted octanol–water partition coefficient (Wildman–Crippen LogP) is 2.78. The smallest absolute Gasteiger partial charge is 0.247 e. The highest BCUT2D eigenvalue weighted by Crippen LogP contribution is 2.32. The Morgan fingerprint density at radius 2 is 2.07 bits per heavy atom. The van der Waals surface area contributed by atoms with Crippen LogP contribution in [-0.4, -0.2) is 61.0 Å². The molecule has 2 aliphatic rings. The van der Waals surface area contributed by atoms with Gasteiger partial charge in [-0.3, -0.25) is 4.79 Å². The van der Waals surface area contributed by atoms with Crippen molar-refractivity contribution >= 4 is 21.7 Å². The molecule has 7 nitrogen and oxygen atoms in total. The molecule has 0 radical (unpaired) electrons. The summed E-state index contributed by atoms with van der Waals surface area (Å²) in [5.41, 5.74) is 0.737. The lowest BCUT2D eigenvalue weighted by Gasteiger charge is -2.30. The minimum atomic E-state index is -3.92. The summed E-state index contributed by atoms with van der Waals surface area (Å²) in [5.74, 6) is 0.0997. The molecule has 1 aromatic heterocycles. The molecule has 9 heteroatoms. The maximum Gasteiger partial charge on any atom is 0.247 e. The van der Waals surface area contributed by atoms with Crippen LogP contribution < -0.4 is 10.2 Å². The molecule has 1 saturated carbocycles. The zero-order chi connectivity index (χ0) is 22.1. The fourth-order valence-electron chi connectivity index (χ4n) is 4.47. The summed E-state index contributed by atoms with van der Waals surface area (Å²) in [6, 6.07) is 2.38. The third-order valence-electron chi connectivity index (χ3n) is 6.02. The summed E-state index contributed by atoms with van der Waals surface area (Å²) >= 11 is 0. The number of hydrogen-bond donors (Lipinski definition) is 1. The Labute approximate surface area is 179 Å². The van der Waals surface area contributed by atoms with Crippen LogP contribution in [0.25, 0.3) is 0 Å². The van der Waals surface area contributed by atoms with Crippen molar-refractivity contribution in [2.24, 2.45) is 0 Å². The van der Waals surface area contributed by atoms with Crippen LogP contribution in [0.5, 0.6) is 0 Å². The monoisotopic (exact) mass is 440 g/mol. The number of carbonyl (C=O) groups excluding carboxylic acids is 1. The minimum Gasteiger partial charge on any atom is -0.353 e. The van der Waals surface area contributed by atoms with E-state index in [1.54, 1.807) is 12.1 Å². The Morgan fingerprint density at radius 1 is 1.33 bits per heavy atom. The summed E-state index contributed by atoms with van der Waals surface area (Å²) in [5, 5.41) is 2.87. The molecule has 1 aliphatic heterocycles. The second-order valence-electron chi connectivity index (χ2n) is 8.54. The van der Waals surface area contributed by atoms with Crippen LogP contribution in [0.3, 0.4) is 0 Å². The van der Waals surface area contributed by atoms with Crippen LogP contribution in [0.4, 0.5) is 10.2 Å². The van der Waals surface area contributed by atoms with Gasteiger partial charge in [-0.2, -0.15) is 4.31 Å². The minimum absolute atomic E-state index is 0.0759. The second-order valence-corrected chi connectivity index (χ2v) is 10.4. The number of nitrogens with zero attached hydrogens (tertiary/aromatic N) is 3. The molecule has 1 aliphatic carbocycles. The highest BCUT2D eigenvalue weighted by atomic mass is 32.2. The van der Waals surface area contributed by atoms with E-state index in [1.165, 1.54) is 4.31 Å². The first kappa shape index (κ1) is 22.9. The third-order valence-corrected chi connectivity index (χ3v) is 7.95. The fourth-order valence-corrected chi connectivity index (χ4v) is 6.26. The van der Waals surface area contributed by atoms with E-state index >= 15 is 0 Å². The molecule has 1 saturated heterocycles. The lowest BCUT2D eigenvalue weighted by molar-refractivity contribution is -0.124. The van der Waals surface area contributed by atoms with Gasteiger partial charge in [0.25, 0.3) is 0 Å². The zero-order valence-corrected chi connectivity index (χ0v) is 19.1. The lowest BCUT2D eigenvalue weighted by atomic mass is 10.2. The molecular formula is C21H33FN4O3S. The first-order chi connectivity index (χ1) is 14.1. The number of halogens is 1. The summed E-state index contributed by atoms with van der Waals surface area (Å²) in [6.45, 7) is 8.70. The van der Waals surface area contributed by atoms with Gasteiger partial charge in [-0.25, -0.2) is 17.8 Å². The molecule has 3 atom stereocenters. The third kappa shape index (κ3) is 4.61. The van der Waals surface area contributed by atoms with Crippen LogP contribution >= 0.6 is 0 Å². The van der Waals surface area contributed by atoms with Gasteiger partial charge in [0.05, 0.1) is 0 Å². The second kappa shape index (κ2) is 9.18. The van der Waals surface area contributed by atoms with Crippen molar-refractivity contribution in [3.63, 3.8) is 0 Å². The Morgan fingerprint density at radius 3 is 2.67 bits per heavy atom. The van der Waals surface area contributed by atoms with E-state index in [2.05, 4.69) is 10.3 Å². The molecule has 0 spiro atoms. The Hall–Kier alpha value is -1.74. The number of alkyl halides is 1. The maximum absolute atomic E-state index is 13.6. The topological polar surface area (TPSA) is 82.6 Å². The quantitative estimate of drug-likeness (QED) is 0.705. The fraction of sp³-hybridized carbons (Fsp3) is 0.714. The number of anilines is 1. The Balaban J connectivity index is 1.90. The number of hydrogen-bond acceptors (Lipinski definition) is 5. The number of carbonyl (C=O) groups is 1. The molecule has 0 unspecified atom stereocenters. The van der Waals surface area contributed by atoms with Gasteiger partial charge in [0, 0.05) is 30.9 Å². The molecular weight excluding hydrogens is 407 g/mol. The van der Waals surface area contributed by atoms with Gasteiger partial charge in [-0.1, -0.05) is 0 Å². The average Bonchev–Trinajstić information content (AvgIpc) is 3.31. The number of aryl methyl sites for hydroxylation is 1. The SMILES string of the molecule is CCN(c1nc(C)ccc1S(=O)(=O)N1CCC[C@H]1C(=O)N[C@@H]1CC[C@H](F)C1)C(C)C. The summed E-state index contributed by atoms with van der Waals surface area (Å²) in [4.78, 5) is 19.5. The first-order valence-electron chi connectivity index (χ1n) is 10.9. The highest BCUT2D eigenvalue weighted by molar-refractivity contribution is 7.89. The molecule has 2 heterocycles. The number of pyridine rings is 1. The van der Waals surface area contributed by atoms with E-state index < -0.39 is 22.2 Å². The van der Waals surface area contributed by atoms with Gasteiger partial charge >= 0.3 is 0 Å². The van der Waals surface area contributed by atoms with Gasteiger partial charge < -0.3 is 10.2 Å². The van der Waals surface area contributed by atoms with Crippen LogP contribution in [0.2, 0.25) is 0 Å². The number of aromatic nitrogens is 1. The molecule has 3 rings (SSSR count). The molecule has 1 amide bonds. The van der Waals surface area contributed by atoms with Crippen molar-refractivity contribution in [3.05, 3.63) is 17.8 Å². The Kier molecular flexibility index (Phi) is 7.02. The molecule has 1 aromatic rings. The van der Waals surface area contributed by atoms with Crippen molar-refractivity contribution < 1.29 is 17.6 Å². The van der Waals surface area contributed by atoms with Gasteiger partial charge in [0.1, 0.15) is 22.9 Å². The molecule has 168 valence electrons. The molecule has 0 aromatic carbocycles. The van der Waals surface area contributed by atoms with E-state index in [-0.39, 0.29) is 29.4 Å². The van der Waals surface area contributed by atoms with Crippen LogP contribution in [0.15, 0.2) is 17.0 Å². The number of nitrogens with one attached hydrogen (secondary N) is 1. The predicted molar refractivity (Wildman–Crippen MR) is 115 cm³/mol. The zero-order valence-electron chi connectivity index (χ0n) is 18.3. The van der Waals surface area contributed by atoms with E-state index in [0.717, 1.165) is 5.69 Å². The number of rotatable bonds is 7. The van der Waals surface area contributed by atoms with Crippen molar-refractivity contribution in [2.75, 3.05) is 18.0 Å². The standard InChI is InChI=1S/C21H33FN4O3S/c1-5-25(14(2)3)20-19(11-8-15(4)23-20)30(28,29)26-12-6-7-18(26)21(27)24-17-10-9-16(22)13-17/h8,11,14,16-18H,5-7,9-10,12-13H2,1-4H3,(H,24,27)/t16-,17+,18-/m0/s1. The molecule has 2 fully saturated rings. The van der Waals surface area contributed by atoms with Gasteiger partial charge in [-0.15, -0.1) is 0 Å². The normalized spacial score (nSPS) is 25.1. The average molecular weight is 441 g/mol. The molecule has 30 heavy (non-hydrogen) atoms.